The lowest BCUT2D eigenvalue weighted by molar-refractivity contribution is 0.295. The molecular formula is C13H21NO2. The second-order valence-corrected chi connectivity index (χ2v) is 5.04. The van der Waals surface area contributed by atoms with Crippen molar-refractivity contribution in [3.8, 4) is 0 Å². The predicted molar refractivity (Wildman–Crippen MR) is 64.5 cm³/mol. The first-order chi connectivity index (χ1) is 7.47. The van der Waals surface area contributed by atoms with Gasteiger partial charge in [-0.2, -0.15) is 0 Å². The van der Waals surface area contributed by atoms with E-state index in [1.807, 2.05) is 12.1 Å². The summed E-state index contributed by atoms with van der Waals surface area (Å²) in [5.74, 6) is 0. The van der Waals surface area contributed by atoms with Gasteiger partial charge in [-0.3, -0.25) is 4.98 Å². The number of hydrogen-bond donors (Lipinski definition) is 2. The molecule has 0 saturated carbocycles. The molecule has 0 radical (unpaired) electrons. The standard InChI is InChI=1S/C13H21NO2/c1-13(2,3)10-8-11(4-6-15)14-12(9-10)5-7-16/h8-9,15-16H,4-7H2,1-3H3. The molecule has 90 valence electrons. The van der Waals surface area contributed by atoms with Crippen molar-refractivity contribution in [1.82, 2.24) is 4.98 Å². The Morgan fingerprint density at radius 3 is 1.75 bits per heavy atom. The van der Waals surface area contributed by atoms with Gasteiger partial charge in [-0.15, -0.1) is 0 Å². The Morgan fingerprint density at radius 1 is 1.00 bits per heavy atom. The van der Waals surface area contributed by atoms with E-state index >= 15 is 0 Å². The lowest BCUT2D eigenvalue weighted by Crippen LogP contribution is -2.14. The first kappa shape index (κ1) is 13.1. The largest absolute Gasteiger partial charge is 0.396 e. The second-order valence-electron chi connectivity index (χ2n) is 5.04. The summed E-state index contributed by atoms with van der Waals surface area (Å²) in [6, 6.07) is 4.08. The van der Waals surface area contributed by atoms with E-state index in [2.05, 4.69) is 25.8 Å². The van der Waals surface area contributed by atoms with E-state index in [9.17, 15) is 0 Å². The number of hydrogen-bond acceptors (Lipinski definition) is 3. The summed E-state index contributed by atoms with van der Waals surface area (Å²) in [5.41, 5.74) is 3.07. The van der Waals surface area contributed by atoms with Crippen molar-refractivity contribution in [1.29, 1.82) is 0 Å². The number of aliphatic hydroxyl groups excluding tert-OH is 2. The Morgan fingerprint density at radius 2 is 1.44 bits per heavy atom. The zero-order valence-corrected chi connectivity index (χ0v) is 10.3. The van der Waals surface area contributed by atoms with Gasteiger partial charge in [0, 0.05) is 37.4 Å². The molecule has 0 amide bonds. The summed E-state index contributed by atoms with van der Waals surface area (Å²) in [4.78, 5) is 4.41. The van der Waals surface area contributed by atoms with Gasteiger partial charge in [0.25, 0.3) is 0 Å². The van der Waals surface area contributed by atoms with Crippen LogP contribution in [0.1, 0.15) is 37.7 Å². The first-order valence-corrected chi connectivity index (χ1v) is 5.69. The first-order valence-electron chi connectivity index (χ1n) is 5.69. The number of aliphatic hydroxyl groups is 2. The number of rotatable bonds is 4. The molecule has 0 aliphatic heterocycles. The van der Waals surface area contributed by atoms with Crippen LogP contribution in [0.3, 0.4) is 0 Å². The third kappa shape index (κ3) is 3.58. The van der Waals surface area contributed by atoms with E-state index in [1.54, 1.807) is 0 Å². The predicted octanol–water partition coefficient (Wildman–Crippen LogP) is 1.45. The van der Waals surface area contributed by atoms with E-state index in [-0.39, 0.29) is 18.6 Å². The Bertz CT molecular complexity index is 318. The molecule has 0 unspecified atom stereocenters. The fourth-order valence-corrected chi connectivity index (χ4v) is 1.57. The van der Waals surface area contributed by atoms with Crippen LogP contribution in [0, 0.1) is 0 Å². The Hall–Kier alpha value is -0.930. The average molecular weight is 223 g/mol. The van der Waals surface area contributed by atoms with Crippen LogP contribution in [0.4, 0.5) is 0 Å². The molecule has 0 aliphatic rings. The highest BCUT2D eigenvalue weighted by molar-refractivity contribution is 5.27. The molecular weight excluding hydrogens is 202 g/mol. The summed E-state index contributed by atoms with van der Waals surface area (Å²) >= 11 is 0. The summed E-state index contributed by atoms with van der Waals surface area (Å²) in [6.45, 7) is 6.66. The highest BCUT2D eigenvalue weighted by Crippen LogP contribution is 2.23. The number of nitrogens with zero attached hydrogens (tertiary/aromatic N) is 1. The lowest BCUT2D eigenvalue weighted by Gasteiger charge is -2.20. The van der Waals surface area contributed by atoms with Crippen molar-refractivity contribution < 1.29 is 10.2 Å². The van der Waals surface area contributed by atoms with Crippen LogP contribution < -0.4 is 0 Å². The number of pyridine rings is 1. The molecule has 1 rings (SSSR count). The van der Waals surface area contributed by atoms with E-state index in [0.29, 0.717) is 12.8 Å². The zero-order chi connectivity index (χ0) is 12.2. The molecule has 0 fully saturated rings. The number of aromatic nitrogens is 1. The quantitative estimate of drug-likeness (QED) is 0.812. The molecule has 0 spiro atoms. The highest BCUT2D eigenvalue weighted by Gasteiger charge is 2.15. The van der Waals surface area contributed by atoms with Crippen molar-refractivity contribution in [2.75, 3.05) is 13.2 Å². The molecule has 0 aliphatic carbocycles. The van der Waals surface area contributed by atoms with Crippen molar-refractivity contribution in [3.05, 3.63) is 29.1 Å². The van der Waals surface area contributed by atoms with E-state index < -0.39 is 0 Å². The minimum absolute atomic E-state index is 0.0668. The van der Waals surface area contributed by atoms with Crippen molar-refractivity contribution in [2.24, 2.45) is 0 Å². The fraction of sp³-hybridized carbons (Fsp3) is 0.615. The van der Waals surface area contributed by atoms with Gasteiger partial charge in [0.2, 0.25) is 0 Å². The molecule has 1 aromatic rings. The minimum atomic E-state index is 0.0668. The maximum atomic E-state index is 8.94. The molecule has 0 bridgehead atoms. The van der Waals surface area contributed by atoms with E-state index in [4.69, 9.17) is 10.2 Å². The van der Waals surface area contributed by atoms with E-state index in [0.717, 1.165) is 11.4 Å². The van der Waals surface area contributed by atoms with Crippen LogP contribution >= 0.6 is 0 Å². The third-order valence-corrected chi connectivity index (χ3v) is 2.53. The van der Waals surface area contributed by atoms with Gasteiger partial charge in [-0.25, -0.2) is 0 Å². The Balaban J connectivity index is 3.08. The summed E-state index contributed by atoms with van der Waals surface area (Å²) in [6.07, 6.45) is 1.14. The van der Waals surface area contributed by atoms with Crippen LogP contribution in [0.2, 0.25) is 0 Å². The van der Waals surface area contributed by atoms with Crippen LogP contribution in [-0.4, -0.2) is 28.4 Å². The zero-order valence-electron chi connectivity index (χ0n) is 10.3. The molecule has 0 saturated heterocycles. The average Bonchev–Trinajstić information content (AvgIpc) is 2.17. The molecule has 3 nitrogen and oxygen atoms in total. The molecule has 2 N–H and O–H groups in total. The van der Waals surface area contributed by atoms with Gasteiger partial charge >= 0.3 is 0 Å². The third-order valence-electron chi connectivity index (χ3n) is 2.53. The highest BCUT2D eigenvalue weighted by atomic mass is 16.3. The maximum absolute atomic E-state index is 8.94. The summed E-state index contributed by atoms with van der Waals surface area (Å²) in [7, 11) is 0. The molecule has 16 heavy (non-hydrogen) atoms. The monoisotopic (exact) mass is 223 g/mol. The topological polar surface area (TPSA) is 53.4 Å². The molecule has 1 aromatic heterocycles. The Labute approximate surface area is 97.2 Å². The van der Waals surface area contributed by atoms with Gasteiger partial charge in [0.15, 0.2) is 0 Å². The molecule has 1 heterocycles. The van der Waals surface area contributed by atoms with E-state index in [1.165, 1.54) is 5.56 Å². The van der Waals surface area contributed by atoms with Gasteiger partial charge in [0.05, 0.1) is 0 Å². The fourth-order valence-electron chi connectivity index (χ4n) is 1.57. The van der Waals surface area contributed by atoms with Gasteiger partial charge in [0.1, 0.15) is 0 Å². The van der Waals surface area contributed by atoms with Crippen molar-refractivity contribution >= 4 is 0 Å². The van der Waals surface area contributed by atoms with Crippen LogP contribution in [-0.2, 0) is 18.3 Å². The molecule has 3 heteroatoms. The smallest absolute Gasteiger partial charge is 0.0486 e. The van der Waals surface area contributed by atoms with Crippen LogP contribution in [0.5, 0.6) is 0 Å². The van der Waals surface area contributed by atoms with Gasteiger partial charge in [-0.05, 0) is 23.1 Å². The normalized spacial score (nSPS) is 11.8. The van der Waals surface area contributed by atoms with Crippen molar-refractivity contribution in [3.63, 3.8) is 0 Å². The van der Waals surface area contributed by atoms with Gasteiger partial charge < -0.3 is 10.2 Å². The SMILES string of the molecule is CC(C)(C)c1cc(CCO)nc(CCO)c1. The minimum Gasteiger partial charge on any atom is -0.396 e. The maximum Gasteiger partial charge on any atom is 0.0486 e. The molecule has 0 aromatic carbocycles. The molecule has 0 atom stereocenters. The summed E-state index contributed by atoms with van der Waals surface area (Å²) in [5, 5.41) is 17.9. The second kappa shape index (κ2) is 5.41. The van der Waals surface area contributed by atoms with Crippen molar-refractivity contribution in [2.45, 2.75) is 39.0 Å². The van der Waals surface area contributed by atoms with Crippen LogP contribution in [0.25, 0.3) is 0 Å². The summed E-state index contributed by atoms with van der Waals surface area (Å²) < 4.78 is 0. The Kier molecular flexibility index (Phi) is 4.44. The van der Waals surface area contributed by atoms with Gasteiger partial charge in [-0.1, -0.05) is 20.8 Å². The van der Waals surface area contributed by atoms with Crippen LogP contribution in [0.15, 0.2) is 12.1 Å². The lowest BCUT2D eigenvalue weighted by atomic mass is 9.86.